The topological polar surface area (TPSA) is 29.1 Å². The van der Waals surface area contributed by atoms with Gasteiger partial charge in [0.25, 0.3) is 0 Å². The van der Waals surface area contributed by atoms with Gasteiger partial charge in [0.1, 0.15) is 0 Å². The van der Waals surface area contributed by atoms with Gasteiger partial charge in [0.05, 0.1) is 6.42 Å². The van der Waals surface area contributed by atoms with Gasteiger partial charge in [-0.1, -0.05) is 29.8 Å². The van der Waals surface area contributed by atoms with E-state index in [2.05, 4.69) is 5.32 Å². The summed E-state index contributed by atoms with van der Waals surface area (Å²) in [7, 11) is 0. The first-order valence-corrected chi connectivity index (χ1v) is 6.14. The van der Waals surface area contributed by atoms with E-state index in [4.69, 9.17) is 11.6 Å². The van der Waals surface area contributed by atoms with Gasteiger partial charge in [0.15, 0.2) is 0 Å². The van der Waals surface area contributed by atoms with Crippen molar-refractivity contribution in [2.45, 2.75) is 26.2 Å². The number of rotatable bonds is 6. The normalized spacial score (nSPS) is 10.1. The van der Waals surface area contributed by atoms with Gasteiger partial charge < -0.3 is 5.32 Å². The molecule has 1 aromatic carbocycles. The first kappa shape index (κ1) is 13.0. The monoisotopic (exact) mass is 239 g/mol. The maximum absolute atomic E-state index is 11.5. The number of unbranched alkanes of at least 4 members (excludes halogenated alkanes) is 1. The van der Waals surface area contributed by atoms with Gasteiger partial charge in [0, 0.05) is 12.4 Å². The minimum absolute atomic E-state index is 0.0835. The van der Waals surface area contributed by atoms with Gasteiger partial charge in [-0.2, -0.15) is 0 Å². The number of carbonyl (C=O) groups is 1. The van der Waals surface area contributed by atoms with Crippen molar-refractivity contribution < 1.29 is 4.79 Å². The number of nitrogens with one attached hydrogen (secondary N) is 1. The van der Waals surface area contributed by atoms with Crippen molar-refractivity contribution in [1.29, 1.82) is 0 Å². The molecule has 0 aliphatic heterocycles. The number of amides is 1. The average molecular weight is 240 g/mol. The fourth-order valence-electron chi connectivity index (χ4n) is 1.52. The first-order valence-electron chi connectivity index (χ1n) is 5.60. The van der Waals surface area contributed by atoms with Crippen molar-refractivity contribution in [2.24, 2.45) is 0 Å². The fraction of sp³-hybridized carbons (Fsp3) is 0.462. The molecule has 0 fully saturated rings. The van der Waals surface area contributed by atoms with Crippen LogP contribution in [0.15, 0.2) is 24.3 Å². The minimum atomic E-state index is 0.0835. The van der Waals surface area contributed by atoms with E-state index in [1.807, 2.05) is 31.2 Å². The van der Waals surface area contributed by atoms with Crippen molar-refractivity contribution in [3.05, 3.63) is 35.4 Å². The summed E-state index contributed by atoms with van der Waals surface area (Å²) in [6.07, 6.45) is 2.36. The summed E-state index contributed by atoms with van der Waals surface area (Å²) >= 11 is 5.55. The van der Waals surface area contributed by atoms with Crippen LogP contribution in [0.4, 0.5) is 0 Å². The lowest BCUT2D eigenvalue weighted by Gasteiger charge is -2.05. The summed E-state index contributed by atoms with van der Waals surface area (Å²) in [5, 5.41) is 2.89. The molecule has 0 saturated carbocycles. The lowest BCUT2D eigenvalue weighted by atomic mass is 10.1. The highest BCUT2D eigenvalue weighted by Crippen LogP contribution is 2.04. The second-order valence-electron chi connectivity index (χ2n) is 3.91. The highest BCUT2D eigenvalue weighted by molar-refractivity contribution is 6.17. The Hall–Kier alpha value is -1.02. The van der Waals surface area contributed by atoms with Crippen LogP contribution in [-0.2, 0) is 11.2 Å². The number of alkyl halides is 1. The molecule has 0 atom stereocenters. The predicted molar refractivity (Wildman–Crippen MR) is 67.8 cm³/mol. The molecule has 0 aliphatic carbocycles. The van der Waals surface area contributed by atoms with E-state index in [1.54, 1.807) is 0 Å². The van der Waals surface area contributed by atoms with Crippen molar-refractivity contribution in [1.82, 2.24) is 5.32 Å². The molecule has 0 aromatic heterocycles. The van der Waals surface area contributed by atoms with Gasteiger partial charge in [0.2, 0.25) is 5.91 Å². The Morgan fingerprint density at radius 1 is 1.38 bits per heavy atom. The molecule has 0 spiro atoms. The molecule has 0 heterocycles. The Kier molecular flexibility index (Phi) is 5.94. The number of hydrogen-bond donors (Lipinski definition) is 1. The van der Waals surface area contributed by atoms with E-state index in [0.29, 0.717) is 12.3 Å². The van der Waals surface area contributed by atoms with Crippen LogP contribution in [0.1, 0.15) is 24.0 Å². The molecule has 1 amide bonds. The molecule has 0 saturated heterocycles. The number of benzene rings is 1. The summed E-state index contributed by atoms with van der Waals surface area (Å²) in [5.41, 5.74) is 2.25. The second-order valence-corrected chi connectivity index (χ2v) is 4.29. The Balaban J connectivity index is 2.29. The Labute approximate surface area is 102 Å². The van der Waals surface area contributed by atoms with Gasteiger partial charge >= 0.3 is 0 Å². The third kappa shape index (κ3) is 5.17. The summed E-state index contributed by atoms with van der Waals surface area (Å²) in [6, 6.07) is 8.02. The Bertz CT molecular complexity index is 338. The maximum Gasteiger partial charge on any atom is 0.224 e. The largest absolute Gasteiger partial charge is 0.356 e. The quantitative estimate of drug-likeness (QED) is 0.600. The molecule has 0 radical (unpaired) electrons. The summed E-state index contributed by atoms with van der Waals surface area (Å²) in [4.78, 5) is 11.5. The SMILES string of the molecule is Cc1cccc(CC(=O)NCCCCCl)c1. The van der Waals surface area contributed by atoms with Crippen LogP contribution >= 0.6 is 11.6 Å². The van der Waals surface area contributed by atoms with Crippen molar-refractivity contribution >= 4 is 17.5 Å². The average Bonchev–Trinajstić information content (AvgIpc) is 2.24. The van der Waals surface area contributed by atoms with E-state index in [-0.39, 0.29) is 5.91 Å². The number of halogens is 1. The molecule has 0 aliphatic rings. The van der Waals surface area contributed by atoms with Crippen molar-refractivity contribution in [3.63, 3.8) is 0 Å². The standard InChI is InChI=1S/C13H18ClNO/c1-11-5-4-6-12(9-11)10-13(16)15-8-3-2-7-14/h4-6,9H,2-3,7-8,10H2,1H3,(H,15,16). The molecular weight excluding hydrogens is 222 g/mol. The number of hydrogen-bond acceptors (Lipinski definition) is 1. The summed E-state index contributed by atoms with van der Waals surface area (Å²) in [6.45, 7) is 2.75. The van der Waals surface area contributed by atoms with Crippen LogP contribution in [0.5, 0.6) is 0 Å². The molecule has 0 unspecified atom stereocenters. The van der Waals surface area contributed by atoms with E-state index in [1.165, 1.54) is 5.56 Å². The molecule has 2 nitrogen and oxygen atoms in total. The molecule has 88 valence electrons. The second kappa shape index (κ2) is 7.29. The summed E-state index contributed by atoms with van der Waals surface area (Å²) in [5.74, 6) is 0.744. The molecule has 0 bridgehead atoms. The van der Waals surface area contributed by atoms with E-state index < -0.39 is 0 Å². The lowest BCUT2D eigenvalue weighted by molar-refractivity contribution is -0.120. The van der Waals surface area contributed by atoms with Gasteiger partial charge in [-0.3, -0.25) is 4.79 Å². The Morgan fingerprint density at radius 3 is 2.88 bits per heavy atom. The van der Waals surface area contributed by atoms with Crippen molar-refractivity contribution in [2.75, 3.05) is 12.4 Å². The van der Waals surface area contributed by atoms with Crippen LogP contribution in [0.3, 0.4) is 0 Å². The van der Waals surface area contributed by atoms with Crippen LogP contribution in [0, 0.1) is 6.92 Å². The van der Waals surface area contributed by atoms with E-state index in [9.17, 15) is 4.79 Å². The smallest absolute Gasteiger partial charge is 0.224 e. The molecule has 1 aromatic rings. The fourth-order valence-corrected chi connectivity index (χ4v) is 1.71. The van der Waals surface area contributed by atoms with Crippen LogP contribution in [-0.4, -0.2) is 18.3 Å². The lowest BCUT2D eigenvalue weighted by Crippen LogP contribution is -2.26. The first-order chi connectivity index (χ1) is 7.72. The summed E-state index contributed by atoms with van der Waals surface area (Å²) < 4.78 is 0. The zero-order chi connectivity index (χ0) is 11.8. The van der Waals surface area contributed by atoms with Crippen LogP contribution in [0.25, 0.3) is 0 Å². The Morgan fingerprint density at radius 2 is 2.19 bits per heavy atom. The molecule has 1 N–H and O–H groups in total. The van der Waals surface area contributed by atoms with Gasteiger partial charge in [-0.05, 0) is 25.3 Å². The van der Waals surface area contributed by atoms with Gasteiger partial charge in [-0.15, -0.1) is 11.6 Å². The number of aryl methyl sites for hydroxylation is 1. The molecule has 1 rings (SSSR count). The third-order valence-electron chi connectivity index (χ3n) is 2.33. The van der Waals surface area contributed by atoms with Crippen molar-refractivity contribution in [3.8, 4) is 0 Å². The van der Waals surface area contributed by atoms with E-state index in [0.717, 1.165) is 24.9 Å². The number of carbonyl (C=O) groups excluding carboxylic acids is 1. The maximum atomic E-state index is 11.5. The molecule has 16 heavy (non-hydrogen) atoms. The predicted octanol–water partition coefficient (Wildman–Crippen LogP) is 2.67. The van der Waals surface area contributed by atoms with Gasteiger partial charge in [-0.25, -0.2) is 0 Å². The highest BCUT2D eigenvalue weighted by Gasteiger charge is 2.02. The molecule has 3 heteroatoms. The zero-order valence-electron chi connectivity index (χ0n) is 9.63. The zero-order valence-corrected chi connectivity index (χ0v) is 10.4. The minimum Gasteiger partial charge on any atom is -0.356 e. The van der Waals surface area contributed by atoms with E-state index >= 15 is 0 Å². The highest BCUT2D eigenvalue weighted by atomic mass is 35.5. The van der Waals surface area contributed by atoms with Crippen LogP contribution < -0.4 is 5.32 Å². The molecular formula is C13H18ClNO. The van der Waals surface area contributed by atoms with Crippen LogP contribution in [0.2, 0.25) is 0 Å². The third-order valence-corrected chi connectivity index (χ3v) is 2.60.